The van der Waals surface area contributed by atoms with Gasteiger partial charge in [0.1, 0.15) is 0 Å². The largest absolute Gasteiger partial charge is 0.373 e. The molecule has 0 saturated carbocycles. The van der Waals surface area contributed by atoms with E-state index in [2.05, 4.69) is 36.4 Å². The molecule has 0 unspecified atom stereocenters. The van der Waals surface area contributed by atoms with Crippen LogP contribution in [0, 0.1) is 0 Å². The second-order valence-corrected chi connectivity index (χ2v) is 4.16. The van der Waals surface area contributed by atoms with Crippen LogP contribution in [0.1, 0.15) is 11.1 Å². The van der Waals surface area contributed by atoms with E-state index in [0.29, 0.717) is 13.2 Å². The van der Waals surface area contributed by atoms with Gasteiger partial charge in [0.05, 0.1) is 13.2 Å². The summed E-state index contributed by atoms with van der Waals surface area (Å²) in [7, 11) is 0. The first-order valence-electron chi connectivity index (χ1n) is 6.46. The van der Waals surface area contributed by atoms with Crippen molar-refractivity contribution in [3.63, 3.8) is 0 Å². The normalized spacial score (nSPS) is 11.4. The van der Waals surface area contributed by atoms with E-state index in [1.807, 2.05) is 48.6 Å². The average molecular weight is 250 g/mol. The van der Waals surface area contributed by atoms with Crippen molar-refractivity contribution in [1.82, 2.24) is 0 Å². The number of benzene rings is 2. The monoisotopic (exact) mass is 250 g/mol. The minimum atomic E-state index is 0.633. The second kappa shape index (κ2) is 8.06. The Morgan fingerprint density at radius 1 is 0.632 bits per heavy atom. The van der Waals surface area contributed by atoms with Gasteiger partial charge in [-0.15, -0.1) is 0 Å². The zero-order chi connectivity index (χ0) is 13.2. The summed E-state index contributed by atoms with van der Waals surface area (Å²) in [4.78, 5) is 0. The lowest BCUT2D eigenvalue weighted by Gasteiger charge is -1.96. The predicted molar refractivity (Wildman–Crippen MR) is 81.8 cm³/mol. The van der Waals surface area contributed by atoms with Gasteiger partial charge in [0.25, 0.3) is 0 Å². The molecule has 0 aliphatic carbocycles. The fourth-order valence-electron chi connectivity index (χ4n) is 1.70. The molecule has 0 saturated heterocycles. The molecular weight excluding hydrogens is 232 g/mol. The molecule has 0 radical (unpaired) electrons. The first-order valence-corrected chi connectivity index (χ1v) is 6.46. The number of rotatable bonds is 6. The maximum Gasteiger partial charge on any atom is 0.0655 e. The zero-order valence-corrected chi connectivity index (χ0v) is 10.9. The Bertz CT molecular complexity index is 462. The Kier molecular flexibility index (Phi) is 5.65. The third-order valence-electron chi connectivity index (χ3n) is 2.65. The molecular formula is C18H18O. The third-order valence-corrected chi connectivity index (χ3v) is 2.65. The van der Waals surface area contributed by atoms with Gasteiger partial charge in [0.2, 0.25) is 0 Å². The summed E-state index contributed by atoms with van der Waals surface area (Å²) < 4.78 is 5.50. The van der Waals surface area contributed by atoms with Crippen LogP contribution in [0.25, 0.3) is 12.2 Å². The van der Waals surface area contributed by atoms with Gasteiger partial charge in [0.15, 0.2) is 0 Å². The van der Waals surface area contributed by atoms with Crippen molar-refractivity contribution in [2.45, 2.75) is 0 Å². The highest BCUT2D eigenvalue weighted by atomic mass is 16.5. The highest BCUT2D eigenvalue weighted by Crippen LogP contribution is 2.02. The smallest absolute Gasteiger partial charge is 0.0655 e. The minimum absolute atomic E-state index is 0.633. The van der Waals surface area contributed by atoms with Crippen molar-refractivity contribution in [1.29, 1.82) is 0 Å². The summed E-state index contributed by atoms with van der Waals surface area (Å²) >= 11 is 0. The summed E-state index contributed by atoms with van der Waals surface area (Å²) in [6.45, 7) is 1.27. The van der Waals surface area contributed by atoms with E-state index in [1.54, 1.807) is 0 Å². The van der Waals surface area contributed by atoms with Crippen molar-refractivity contribution >= 4 is 12.2 Å². The number of ether oxygens (including phenoxy) is 1. The molecule has 1 heteroatoms. The molecule has 0 bridgehead atoms. The van der Waals surface area contributed by atoms with Crippen LogP contribution < -0.4 is 0 Å². The molecule has 19 heavy (non-hydrogen) atoms. The average Bonchev–Trinajstić information content (AvgIpc) is 2.48. The zero-order valence-electron chi connectivity index (χ0n) is 10.9. The van der Waals surface area contributed by atoms with E-state index in [9.17, 15) is 0 Å². The molecule has 0 aromatic heterocycles. The molecule has 2 rings (SSSR count). The van der Waals surface area contributed by atoms with Crippen molar-refractivity contribution in [3.8, 4) is 0 Å². The summed E-state index contributed by atoms with van der Waals surface area (Å²) in [5.74, 6) is 0. The maximum atomic E-state index is 5.50. The highest BCUT2D eigenvalue weighted by molar-refractivity contribution is 5.49. The van der Waals surface area contributed by atoms with Crippen LogP contribution in [0.4, 0.5) is 0 Å². The van der Waals surface area contributed by atoms with Gasteiger partial charge in [-0.2, -0.15) is 0 Å². The number of hydrogen-bond donors (Lipinski definition) is 0. The Labute approximate surface area is 114 Å². The Morgan fingerprint density at radius 2 is 1.05 bits per heavy atom. The molecule has 0 spiro atoms. The molecule has 0 heterocycles. The molecule has 0 fully saturated rings. The molecule has 0 atom stereocenters. The quantitative estimate of drug-likeness (QED) is 0.689. The lowest BCUT2D eigenvalue weighted by Crippen LogP contribution is -1.90. The van der Waals surface area contributed by atoms with Gasteiger partial charge in [-0.3, -0.25) is 0 Å². The van der Waals surface area contributed by atoms with Crippen molar-refractivity contribution in [2.75, 3.05) is 13.2 Å². The molecule has 0 aliphatic heterocycles. The fraction of sp³-hybridized carbons (Fsp3) is 0.111. The van der Waals surface area contributed by atoms with E-state index in [1.165, 1.54) is 11.1 Å². The van der Waals surface area contributed by atoms with Gasteiger partial charge in [-0.05, 0) is 11.1 Å². The first kappa shape index (κ1) is 13.3. The Morgan fingerprint density at radius 3 is 1.47 bits per heavy atom. The van der Waals surface area contributed by atoms with Gasteiger partial charge in [0, 0.05) is 0 Å². The van der Waals surface area contributed by atoms with E-state index in [4.69, 9.17) is 4.74 Å². The van der Waals surface area contributed by atoms with E-state index in [-0.39, 0.29) is 0 Å². The van der Waals surface area contributed by atoms with Crippen LogP contribution in [0.5, 0.6) is 0 Å². The molecule has 0 N–H and O–H groups in total. The maximum absolute atomic E-state index is 5.50. The van der Waals surface area contributed by atoms with E-state index in [0.717, 1.165) is 0 Å². The van der Waals surface area contributed by atoms with Gasteiger partial charge in [-0.25, -0.2) is 0 Å². The molecule has 96 valence electrons. The van der Waals surface area contributed by atoms with Crippen molar-refractivity contribution in [2.24, 2.45) is 0 Å². The topological polar surface area (TPSA) is 9.23 Å². The van der Waals surface area contributed by atoms with Crippen LogP contribution in [0.2, 0.25) is 0 Å². The summed E-state index contributed by atoms with van der Waals surface area (Å²) in [6, 6.07) is 20.5. The predicted octanol–water partition coefficient (Wildman–Crippen LogP) is 4.43. The SMILES string of the molecule is C(=Cc1ccccc1)COC/C=C/c1ccccc1. The number of hydrogen-bond acceptors (Lipinski definition) is 1. The van der Waals surface area contributed by atoms with Gasteiger partial charge >= 0.3 is 0 Å². The molecule has 2 aromatic carbocycles. The lowest BCUT2D eigenvalue weighted by atomic mass is 10.2. The second-order valence-electron chi connectivity index (χ2n) is 4.16. The van der Waals surface area contributed by atoms with Gasteiger partial charge in [-0.1, -0.05) is 85.0 Å². The summed E-state index contributed by atoms with van der Waals surface area (Å²) in [5.41, 5.74) is 2.40. The summed E-state index contributed by atoms with van der Waals surface area (Å²) in [6.07, 6.45) is 8.21. The van der Waals surface area contributed by atoms with Crippen LogP contribution in [-0.4, -0.2) is 13.2 Å². The van der Waals surface area contributed by atoms with Crippen LogP contribution in [-0.2, 0) is 4.74 Å². The van der Waals surface area contributed by atoms with Crippen LogP contribution in [0.15, 0.2) is 72.8 Å². The molecule has 1 nitrogen and oxygen atoms in total. The minimum Gasteiger partial charge on any atom is -0.373 e. The lowest BCUT2D eigenvalue weighted by molar-refractivity contribution is 0.195. The molecule has 0 aliphatic rings. The van der Waals surface area contributed by atoms with Crippen molar-refractivity contribution < 1.29 is 4.74 Å². The third kappa shape index (κ3) is 5.36. The molecule has 0 amide bonds. The molecule has 2 aromatic rings. The summed E-state index contributed by atoms with van der Waals surface area (Å²) in [5, 5.41) is 0. The van der Waals surface area contributed by atoms with Gasteiger partial charge < -0.3 is 4.74 Å². The van der Waals surface area contributed by atoms with Crippen LogP contribution in [0.3, 0.4) is 0 Å². The highest BCUT2D eigenvalue weighted by Gasteiger charge is 1.84. The van der Waals surface area contributed by atoms with Crippen molar-refractivity contribution in [3.05, 3.63) is 83.9 Å². The fourth-order valence-corrected chi connectivity index (χ4v) is 1.70. The van der Waals surface area contributed by atoms with E-state index < -0.39 is 0 Å². The first-order chi connectivity index (χ1) is 9.45. The Hall–Kier alpha value is -2.12. The van der Waals surface area contributed by atoms with Crippen LogP contribution >= 0.6 is 0 Å². The van der Waals surface area contributed by atoms with E-state index >= 15 is 0 Å². The Balaban J connectivity index is 1.65. The standard InChI is InChI=1S/C18H18O/c1-3-9-17(10-4-1)13-7-15-19-16-8-14-18-11-5-2-6-12-18/h1-14H,15-16H2/b13-7+,14-8?.